The van der Waals surface area contributed by atoms with E-state index in [1.165, 1.54) is 6.42 Å². The van der Waals surface area contributed by atoms with Crippen molar-refractivity contribution >= 4 is 22.6 Å². The van der Waals surface area contributed by atoms with Crippen molar-refractivity contribution in [2.24, 2.45) is 0 Å². The predicted molar refractivity (Wildman–Crippen MR) is 103 cm³/mol. The molecule has 2 aliphatic heterocycles. The molecule has 2 aliphatic rings. The van der Waals surface area contributed by atoms with Gasteiger partial charge in [0.2, 0.25) is 5.91 Å². The summed E-state index contributed by atoms with van der Waals surface area (Å²) in [5.41, 5.74) is 0.981. The van der Waals surface area contributed by atoms with Crippen LogP contribution in [0.4, 0.5) is 5.82 Å². The summed E-state index contributed by atoms with van der Waals surface area (Å²) < 4.78 is 0. The Kier molecular flexibility index (Phi) is 5.02. The number of para-hydroxylation sites is 1. The first-order chi connectivity index (χ1) is 12.7. The predicted octanol–water partition coefficient (Wildman–Crippen LogP) is 2.15. The van der Waals surface area contributed by atoms with Crippen molar-refractivity contribution in [2.75, 3.05) is 44.2 Å². The van der Waals surface area contributed by atoms with Crippen molar-refractivity contribution in [1.82, 2.24) is 19.8 Å². The molecule has 0 aliphatic carbocycles. The number of fused-ring (bicyclic) bond motifs is 1. The fourth-order valence-electron chi connectivity index (χ4n) is 4.11. The van der Waals surface area contributed by atoms with Gasteiger partial charge in [0.1, 0.15) is 12.1 Å². The number of piperidine rings is 1. The third kappa shape index (κ3) is 3.51. The minimum Gasteiger partial charge on any atom is -0.353 e. The molecule has 4 rings (SSSR count). The average Bonchev–Trinajstić information content (AvgIpc) is 2.68. The first-order valence-electron chi connectivity index (χ1n) is 9.69. The first-order valence-corrected chi connectivity index (χ1v) is 9.69. The van der Waals surface area contributed by atoms with Gasteiger partial charge in [0.15, 0.2) is 0 Å². The van der Waals surface area contributed by atoms with Gasteiger partial charge in [-0.3, -0.25) is 9.69 Å². The van der Waals surface area contributed by atoms with Crippen LogP contribution in [-0.2, 0) is 4.79 Å². The standard InChI is InChI=1S/C20H27N5O/c1-16-6-4-5-9-25(16)19(26)14-23-10-12-24(13-11-23)20-17-7-2-3-8-18(17)21-15-22-20/h2-3,7-8,15-16H,4-6,9-14H2,1H3/t16-/m1/s1. The highest BCUT2D eigenvalue weighted by Gasteiger charge is 2.26. The highest BCUT2D eigenvalue weighted by molar-refractivity contribution is 5.89. The Balaban J connectivity index is 1.37. The van der Waals surface area contributed by atoms with E-state index in [0.717, 1.165) is 62.3 Å². The Labute approximate surface area is 154 Å². The number of anilines is 1. The van der Waals surface area contributed by atoms with Gasteiger partial charge in [-0.15, -0.1) is 0 Å². The van der Waals surface area contributed by atoms with E-state index < -0.39 is 0 Å². The number of carbonyl (C=O) groups excluding carboxylic acids is 1. The maximum atomic E-state index is 12.7. The molecule has 0 spiro atoms. The molecule has 0 radical (unpaired) electrons. The second kappa shape index (κ2) is 7.58. The summed E-state index contributed by atoms with van der Waals surface area (Å²) in [6, 6.07) is 8.53. The van der Waals surface area contributed by atoms with Crippen LogP contribution in [0.5, 0.6) is 0 Å². The molecular weight excluding hydrogens is 326 g/mol. The minimum atomic E-state index is 0.290. The summed E-state index contributed by atoms with van der Waals surface area (Å²) in [5.74, 6) is 1.30. The lowest BCUT2D eigenvalue weighted by atomic mass is 10.0. The van der Waals surface area contributed by atoms with Crippen LogP contribution in [0.1, 0.15) is 26.2 Å². The summed E-state index contributed by atoms with van der Waals surface area (Å²) in [7, 11) is 0. The van der Waals surface area contributed by atoms with E-state index in [0.29, 0.717) is 12.6 Å². The number of likely N-dealkylation sites (tertiary alicyclic amines) is 1. The highest BCUT2D eigenvalue weighted by atomic mass is 16.2. The summed E-state index contributed by atoms with van der Waals surface area (Å²) in [6.07, 6.45) is 5.17. The molecule has 1 atom stereocenters. The zero-order valence-electron chi connectivity index (χ0n) is 15.5. The van der Waals surface area contributed by atoms with Crippen LogP contribution in [0.2, 0.25) is 0 Å². The molecule has 2 aromatic rings. The van der Waals surface area contributed by atoms with Crippen LogP contribution >= 0.6 is 0 Å². The zero-order chi connectivity index (χ0) is 17.9. The van der Waals surface area contributed by atoms with Gasteiger partial charge in [0.05, 0.1) is 12.1 Å². The summed E-state index contributed by atoms with van der Waals surface area (Å²) >= 11 is 0. The molecule has 1 aromatic heterocycles. The van der Waals surface area contributed by atoms with Crippen LogP contribution < -0.4 is 4.90 Å². The van der Waals surface area contributed by atoms with Gasteiger partial charge in [0, 0.05) is 44.2 Å². The topological polar surface area (TPSA) is 52.6 Å². The first kappa shape index (κ1) is 17.2. The van der Waals surface area contributed by atoms with Gasteiger partial charge >= 0.3 is 0 Å². The number of hydrogen-bond acceptors (Lipinski definition) is 5. The molecule has 1 amide bonds. The second-order valence-corrected chi connectivity index (χ2v) is 7.41. The molecule has 6 nitrogen and oxygen atoms in total. The van der Waals surface area contributed by atoms with E-state index in [1.54, 1.807) is 6.33 Å². The highest BCUT2D eigenvalue weighted by Crippen LogP contribution is 2.23. The Bertz CT molecular complexity index is 766. The molecule has 6 heteroatoms. The molecule has 0 bridgehead atoms. The van der Waals surface area contributed by atoms with Crippen molar-refractivity contribution < 1.29 is 4.79 Å². The quantitative estimate of drug-likeness (QED) is 0.846. The van der Waals surface area contributed by atoms with E-state index in [-0.39, 0.29) is 5.91 Å². The number of carbonyl (C=O) groups is 1. The molecule has 1 aromatic carbocycles. The van der Waals surface area contributed by atoms with E-state index in [1.807, 2.05) is 18.2 Å². The van der Waals surface area contributed by atoms with Crippen molar-refractivity contribution in [3.8, 4) is 0 Å². The minimum absolute atomic E-state index is 0.290. The molecule has 3 heterocycles. The van der Waals surface area contributed by atoms with E-state index in [2.05, 4.69) is 37.7 Å². The van der Waals surface area contributed by atoms with E-state index >= 15 is 0 Å². The van der Waals surface area contributed by atoms with Crippen molar-refractivity contribution in [2.45, 2.75) is 32.2 Å². The van der Waals surface area contributed by atoms with Crippen LogP contribution in [0, 0.1) is 0 Å². The summed E-state index contributed by atoms with van der Waals surface area (Å²) in [6.45, 7) is 7.22. The number of aromatic nitrogens is 2. The number of benzene rings is 1. The lowest BCUT2D eigenvalue weighted by Gasteiger charge is -2.38. The van der Waals surface area contributed by atoms with Crippen LogP contribution in [0.15, 0.2) is 30.6 Å². The van der Waals surface area contributed by atoms with Crippen molar-refractivity contribution in [3.05, 3.63) is 30.6 Å². The lowest BCUT2D eigenvalue weighted by molar-refractivity contribution is -0.135. The van der Waals surface area contributed by atoms with Gasteiger partial charge in [-0.05, 0) is 38.3 Å². The summed E-state index contributed by atoms with van der Waals surface area (Å²) in [5, 5.41) is 1.10. The SMILES string of the molecule is C[C@@H]1CCCCN1C(=O)CN1CCN(c2ncnc3ccccc23)CC1. The normalized spacial score (nSPS) is 22.0. The molecule has 0 saturated carbocycles. The largest absolute Gasteiger partial charge is 0.353 e. The molecule has 0 unspecified atom stereocenters. The number of hydrogen-bond donors (Lipinski definition) is 0. The third-order valence-electron chi connectivity index (χ3n) is 5.68. The number of rotatable bonds is 3. The number of piperazine rings is 1. The molecule has 26 heavy (non-hydrogen) atoms. The zero-order valence-corrected chi connectivity index (χ0v) is 15.5. The van der Waals surface area contributed by atoms with Gasteiger partial charge in [0.25, 0.3) is 0 Å². The lowest BCUT2D eigenvalue weighted by Crippen LogP contribution is -2.52. The van der Waals surface area contributed by atoms with E-state index in [9.17, 15) is 4.79 Å². The molecule has 2 fully saturated rings. The molecule has 0 N–H and O–H groups in total. The van der Waals surface area contributed by atoms with Crippen molar-refractivity contribution in [3.63, 3.8) is 0 Å². The molecular formula is C20H27N5O. The van der Waals surface area contributed by atoms with Gasteiger partial charge in [-0.2, -0.15) is 0 Å². The van der Waals surface area contributed by atoms with Gasteiger partial charge in [-0.25, -0.2) is 9.97 Å². The Morgan fingerprint density at radius 2 is 1.88 bits per heavy atom. The average molecular weight is 353 g/mol. The third-order valence-corrected chi connectivity index (χ3v) is 5.68. The summed E-state index contributed by atoms with van der Waals surface area (Å²) in [4.78, 5) is 28.2. The van der Waals surface area contributed by atoms with Gasteiger partial charge in [-0.1, -0.05) is 12.1 Å². The molecule has 2 saturated heterocycles. The monoisotopic (exact) mass is 353 g/mol. The van der Waals surface area contributed by atoms with Crippen molar-refractivity contribution in [1.29, 1.82) is 0 Å². The number of amides is 1. The van der Waals surface area contributed by atoms with Gasteiger partial charge < -0.3 is 9.80 Å². The Hall–Kier alpha value is -2.21. The van der Waals surface area contributed by atoms with Crippen LogP contribution in [0.3, 0.4) is 0 Å². The Morgan fingerprint density at radius 3 is 2.69 bits per heavy atom. The maximum absolute atomic E-state index is 12.7. The fourth-order valence-corrected chi connectivity index (χ4v) is 4.11. The van der Waals surface area contributed by atoms with Crippen LogP contribution in [0.25, 0.3) is 10.9 Å². The van der Waals surface area contributed by atoms with E-state index in [4.69, 9.17) is 0 Å². The molecule has 138 valence electrons. The van der Waals surface area contributed by atoms with Crippen LogP contribution in [-0.4, -0.2) is 71.0 Å². The Morgan fingerprint density at radius 1 is 1.08 bits per heavy atom. The number of nitrogens with zero attached hydrogens (tertiary/aromatic N) is 5. The maximum Gasteiger partial charge on any atom is 0.236 e. The second-order valence-electron chi connectivity index (χ2n) is 7.41. The fraction of sp³-hybridized carbons (Fsp3) is 0.550. The smallest absolute Gasteiger partial charge is 0.236 e.